The number of ether oxygens (including phenoxy) is 2. The highest BCUT2D eigenvalue weighted by Crippen LogP contribution is 2.22. The largest absolute Gasteiger partial charge is 0.489 e. The summed E-state index contributed by atoms with van der Waals surface area (Å²) in [4.78, 5) is 25.5. The van der Waals surface area contributed by atoms with Crippen molar-refractivity contribution in [2.45, 2.75) is 6.61 Å². The van der Waals surface area contributed by atoms with Gasteiger partial charge in [-0.15, -0.1) is 0 Å². The number of anilines is 2. The van der Waals surface area contributed by atoms with Crippen LogP contribution in [0.4, 0.5) is 16.2 Å². The third-order valence-corrected chi connectivity index (χ3v) is 4.74. The third kappa shape index (κ3) is 5.51. The number of carbonyl (C=O) groups excluding carboxylic acids is 2. The minimum atomic E-state index is -0.375. The molecule has 3 aromatic carbocycles. The third-order valence-electron chi connectivity index (χ3n) is 4.74. The van der Waals surface area contributed by atoms with Gasteiger partial charge in [-0.2, -0.15) is 0 Å². The molecule has 1 N–H and O–H groups in total. The first-order valence-electron chi connectivity index (χ1n) is 9.97. The van der Waals surface area contributed by atoms with Crippen molar-refractivity contribution < 1.29 is 19.1 Å². The van der Waals surface area contributed by atoms with Crippen LogP contribution in [0.2, 0.25) is 0 Å². The van der Waals surface area contributed by atoms with E-state index in [1.54, 1.807) is 30.3 Å². The number of hydrogen-bond acceptors (Lipinski definition) is 4. The van der Waals surface area contributed by atoms with E-state index >= 15 is 0 Å². The van der Waals surface area contributed by atoms with E-state index in [0.29, 0.717) is 31.1 Å². The molecule has 0 aliphatic carbocycles. The van der Waals surface area contributed by atoms with Crippen LogP contribution in [-0.4, -0.2) is 25.2 Å². The first kappa shape index (κ1) is 20.2. The monoisotopic (exact) mass is 414 g/mol. The minimum absolute atomic E-state index is 0.259. The molecule has 6 heteroatoms. The van der Waals surface area contributed by atoms with Crippen LogP contribution in [0.3, 0.4) is 0 Å². The number of hydrogen-bond donors (Lipinski definition) is 1. The van der Waals surface area contributed by atoms with E-state index in [9.17, 15) is 9.59 Å². The maximum Gasteiger partial charge on any atom is 0.414 e. The maximum atomic E-state index is 12.3. The van der Waals surface area contributed by atoms with Crippen LogP contribution in [0.1, 0.15) is 11.1 Å². The lowest BCUT2D eigenvalue weighted by atomic mass is 10.2. The second-order valence-electron chi connectivity index (χ2n) is 6.98. The molecule has 0 spiro atoms. The van der Waals surface area contributed by atoms with Gasteiger partial charge in [0, 0.05) is 17.5 Å². The molecule has 0 unspecified atom stereocenters. The summed E-state index contributed by atoms with van der Waals surface area (Å²) >= 11 is 0. The highest BCUT2D eigenvalue weighted by Gasteiger charge is 2.23. The Hall–Kier alpha value is -4.06. The van der Waals surface area contributed by atoms with Gasteiger partial charge in [-0.1, -0.05) is 48.5 Å². The average molecular weight is 414 g/mol. The summed E-state index contributed by atoms with van der Waals surface area (Å²) in [6.45, 7) is 1.38. The van der Waals surface area contributed by atoms with Crippen molar-refractivity contribution in [1.82, 2.24) is 0 Å². The molecular formula is C25H22N2O4. The highest BCUT2D eigenvalue weighted by molar-refractivity contribution is 6.02. The van der Waals surface area contributed by atoms with Crippen molar-refractivity contribution in [1.29, 1.82) is 0 Å². The van der Waals surface area contributed by atoms with Crippen LogP contribution in [-0.2, 0) is 16.1 Å². The Balaban J connectivity index is 1.31. The maximum absolute atomic E-state index is 12.3. The van der Waals surface area contributed by atoms with Crippen LogP contribution in [0.25, 0.3) is 6.08 Å². The van der Waals surface area contributed by atoms with Gasteiger partial charge < -0.3 is 14.8 Å². The molecule has 0 saturated carbocycles. The van der Waals surface area contributed by atoms with Gasteiger partial charge in [-0.3, -0.25) is 9.69 Å². The molecule has 6 nitrogen and oxygen atoms in total. The zero-order valence-electron chi connectivity index (χ0n) is 16.9. The quantitative estimate of drug-likeness (QED) is 0.560. The molecule has 0 radical (unpaired) electrons. The van der Waals surface area contributed by atoms with Crippen LogP contribution < -0.4 is 15.0 Å². The smallest absolute Gasteiger partial charge is 0.414 e. The normalized spacial score (nSPS) is 13.3. The van der Waals surface area contributed by atoms with Gasteiger partial charge in [0.05, 0.1) is 6.54 Å². The molecule has 31 heavy (non-hydrogen) atoms. The molecule has 4 rings (SSSR count). The standard InChI is InChI=1S/C25H22N2O4/c28-24(26-21-7-4-8-22(17-21)27-15-16-30-25(27)29)14-11-19-9-12-23(13-10-19)31-18-20-5-2-1-3-6-20/h1-14,17H,15-16,18H2,(H,26,28)/b14-11+. The zero-order chi connectivity index (χ0) is 21.5. The lowest BCUT2D eigenvalue weighted by Crippen LogP contribution is -2.23. The van der Waals surface area contributed by atoms with Crippen molar-refractivity contribution in [2.24, 2.45) is 0 Å². The van der Waals surface area contributed by atoms with E-state index in [0.717, 1.165) is 16.9 Å². The summed E-state index contributed by atoms with van der Waals surface area (Å²) < 4.78 is 10.7. The van der Waals surface area contributed by atoms with E-state index in [1.807, 2.05) is 54.6 Å². The van der Waals surface area contributed by atoms with Gasteiger partial charge in [-0.05, 0) is 47.5 Å². The van der Waals surface area contributed by atoms with Gasteiger partial charge in [0.15, 0.2) is 0 Å². The molecule has 1 saturated heterocycles. The van der Waals surface area contributed by atoms with Crippen LogP contribution in [0.15, 0.2) is 84.9 Å². The number of amides is 2. The molecule has 0 atom stereocenters. The van der Waals surface area contributed by atoms with Crippen molar-refractivity contribution in [3.63, 3.8) is 0 Å². The lowest BCUT2D eigenvalue weighted by Gasteiger charge is -2.13. The Bertz CT molecular complexity index is 1080. The van der Waals surface area contributed by atoms with E-state index < -0.39 is 0 Å². The summed E-state index contributed by atoms with van der Waals surface area (Å²) in [7, 11) is 0. The van der Waals surface area contributed by atoms with E-state index in [1.165, 1.54) is 11.0 Å². The predicted octanol–water partition coefficient (Wildman–Crippen LogP) is 4.87. The number of cyclic esters (lactones) is 1. The fourth-order valence-electron chi connectivity index (χ4n) is 3.15. The molecule has 1 aliphatic heterocycles. The topological polar surface area (TPSA) is 67.9 Å². The number of rotatable bonds is 7. The Morgan fingerprint density at radius 2 is 1.84 bits per heavy atom. The van der Waals surface area contributed by atoms with Gasteiger partial charge in [0.2, 0.25) is 5.91 Å². The number of benzene rings is 3. The Morgan fingerprint density at radius 1 is 1.03 bits per heavy atom. The number of nitrogens with zero attached hydrogens (tertiary/aromatic N) is 1. The zero-order valence-corrected chi connectivity index (χ0v) is 16.9. The second-order valence-corrected chi connectivity index (χ2v) is 6.98. The predicted molar refractivity (Wildman–Crippen MR) is 120 cm³/mol. The van der Waals surface area contributed by atoms with Gasteiger partial charge in [0.1, 0.15) is 19.0 Å². The van der Waals surface area contributed by atoms with E-state index in [4.69, 9.17) is 9.47 Å². The molecule has 0 bridgehead atoms. The molecule has 3 aromatic rings. The molecule has 0 aromatic heterocycles. The van der Waals surface area contributed by atoms with Crippen molar-refractivity contribution in [3.05, 3.63) is 96.1 Å². The first-order chi connectivity index (χ1) is 15.2. The van der Waals surface area contributed by atoms with Gasteiger partial charge >= 0.3 is 6.09 Å². The summed E-state index contributed by atoms with van der Waals surface area (Å²) in [5.74, 6) is 0.508. The fourth-order valence-corrected chi connectivity index (χ4v) is 3.15. The summed E-state index contributed by atoms with van der Waals surface area (Å²) in [6.07, 6.45) is 2.83. The molecule has 1 heterocycles. The Kier molecular flexibility index (Phi) is 6.28. The van der Waals surface area contributed by atoms with E-state index in [-0.39, 0.29) is 12.0 Å². The molecular weight excluding hydrogens is 392 g/mol. The lowest BCUT2D eigenvalue weighted by molar-refractivity contribution is -0.111. The van der Waals surface area contributed by atoms with E-state index in [2.05, 4.69) is 5.32 Å². The van der Waals surface area contributed by atoms with Gasteiger partial charge in [0.25, 0.3) is 0 Å². The van der Waals surface area contributed by atoms with Crippen molar-refractivity contribution in [2.75, 3.05) is 23.4 Å². The number of nitrogens with one attached hydrogen (secondary N) is 1. The average Bonchev–Trinajstić information content (AvgIpc) is 3.24. The SMILES string of the molecule is O=C(/C=C/c1ccc(OCc2ccccc2)cc1)Nc1cccc(N2CCOC2=O)c1. The molecule has 1 aliphatic rings. The minimum Gasteiger partial charge on any atom is -0.489 e. The van der Waals surface area contributed by atoms with Crippen molar-refractivity contribution >= 4 is 29.5 Å². The highest BCUT2D eigenvalue weighted by atomic mass is 16.6. The van der Waals surface area contributed by atoms with Gasteiger partial charge in [-0.25, -0.2) is 4.79 Å². The van der Waals surface area contributed by atoms with Crippen LogP contribution >= 0.6 is 0 Å². The second kappa shape index (κ2) is 9.63. The molecule has 156 valence electrons. The summed E-state index contributed by atoms with van der Waals surface area (Å²) in [5, 5.41) is 2.81. The molecule has 2 amide bonds. The first-order valence-corrected chi connectivity index (χ1v) is 9.97. The summed E-state index contributed by atoms with van der Waals surface area (Å²) in [6, 6.07) is 24.6. The Labute approximate surface area is 180 Å². The van der Waals surface area contributed by atoms with Crippen LogP contribution in [0.5, 0.6) is 5.75 Å². The molecule has 1 fully saturated rings. The van der Waals surface area contributed by atoms with Crippen LogP contribution in [0, 0.1) is 0 Å². The summed E-state index contributed by atoms with van der Waals surface area (Å²) in [5.41, 5.74) is 3.29. The number of carbonyl (C=O) groups is 2. The fraction of sp³-hybridized carbons (Fsp3) is 0.120. The Morgan fingerprint density at radius 3 is 2.58 bits per heavy atom. The van der Waals surface area contributed by atoms with Crippen molar-refractivity contribution in [3.8, 4) is 5.75 Å².